The quantitative estimate of drug-likeness (QED) is 0.691. The highest BCUT2D eigenvalue weighted by Crippen LogP contribution is 2.25. The molecule has 4 rings (SSSR count). The van der Waals surface area contributed by atoms with E-state index in [1.807, 2.05) is 23.1 Å². The molecule has 8 heteroatoms. The van der Waals surface area contributed by atoms with Crippen molar-refractivity contribution in [3.05, 3.63) is 47.9 Å². The van der Waals surface area contributed by atoms with E-state index in [1.165, 1.54) is 0 Å². The minimum absolute atomic E-state index is 0.0313. The highest BCUT2D eigenvalue weighted by molar-refractivity contribution is 5.94. The zero-order valence-electron chi connectivity index (χ0n) is 16.4. The summed E-state index contributed by atoms with van der Waals surface area (Å²) in [5, 5.41) is 12.8. The Kier molecular flexibility index (Phi) is 4.85. The Balaban J connectivity index is 1.52. The van der Waals surface area contributed by atoms with E-state index in [2.05, 4.69) is 40.1 Å². The molecule has 1 amide bonds. The van der Waals surface area contributed by atoms with Crippen molar-refractivity contribution >= 4 is 17.2 Å². The zero-order valence-corrected chi connectivity index (χ0v) is 16.4. The lowest BCUT2D eigenvalue weighted by Gasteiger charge is -2.36. The molecule has 1 aliphatic heterocycles. The van der Waals surface area contributed by atoms with Gasteiger partial charge in [-0.15, -0.1) is 10.2 Å². The summed E-state index contributed by atoms with van der Waals surface area (Å²) in [6.45, 7) is 7.00. The van der Waals surface area contributed by atoms with E-state index in [4.69, 9.17) is 4.74 Å². The Hall–Kier alpha value is -3.16. The maximum atomic E-state index is 12.8. The molecule has 0 atom stereocenters. The first-order valence-electron chi connectivity index (χ1n) is 9.46. The van der Waals surface area contributed by atoms with Gasteiger partial charge in [0.2, 0.25) is 5.65 Å². The molecule has 146 valence electrons. The number of hydrogen-bond donors (Lipinski definition) is 0. The molecule has 1 fully saturated rings. The van der Waals surface area contributed by atoms with Gasteiger partial charge in [-0.05, 0) is 30.2 Å². The smallest absolute Gasteiger partial charge is 0.254 e. The van der Waals surface area contributed by atoms with Crippen LogP contribution in [0, 0.1) is 0 Å². The molecule has 1 saturated heterocycles. The van der Waals surface area contributed by atoms with Crippen LogP contribution in [-0.2, 0) is 0 Å². The van der Waals surface area contributed by atoms with E-state index < -0.39 is 0 Å². The normalized spacial score (nSPS) is 14.7. The number of piperazine rings is 1. The monoisotopic (exact) mass is 380 g/mol. The van der Waals surface area contributed by atoms with Crippen molar-refractivity contribution in [3.63, 3.8) is 0 Å². The zero-order chi connectivity index (χ0) is 19.7. The lowest BCUT2D eigenvalue weighted by molar-refractivity contribution is 0.0746. The van der Waals surface area contributed by atoms with Crippen LogP contribution in [0.4, 0.5) is 5.69 Å². The number of anilines is 1. The molecule has 0 aliphatic carbocycles. The van der Waals surface area contributed by atoms with E-state index in [9.17, 15) is 4.79 Å². The summed E-state index contributed by atoms with van der Waals surface area (Å²) in [4.78, 5) is 17.0. The third kappa shape index (κ3) is 3.37. The second-order valence-corrected chi connectivity index (χ2v) is 7.22. The fourth-order valence-electron chi connectivity index (χ4n) is 3.43. The van der Waals surface area contributed by atoms with Crippen molar-refractivity contribution < 1.29 is 9.53 Å². The summed E-state index contributed by atoms with van der Waals surface area (Å²) >= 11 is 0. The summed E-state index contributed by atoms with van der Waals surface area (Å²) in [7, 11) is 1.60. The number of rotatable bonds is 4. The molecular weight excluding hydrogens is 356 g/mol. The van der Waals surface area contributed by atoms with Gasteiger partial charge in [-0.1, -0.05) is 19.9 Å². The average Bonchev–Trinajstić information content (AvgIpc) is 3.21. The Bertz CT molecular complexity index is 991. The van der Waals surface area contributed by atoms with Crippen molar-refractivity contribution in [1.29, 1.82) is 0 Å². The fraction of sp³-hybridized carbons (Fsp3) is 0.400. The molecule has 0 spiro atoms. The van der Waals surface area contributed by atoms with Crippen LogP contribution in [-0.4, -0.2) is 63.9 Å². The maximum Gasteiger partial charge on any atom is 0.254 e. The van der Waals surface area contributed by atoms with Crippen molar-refractivity contribution in [2.24, 2.45) is 0 Å². The first-order valence-corrected chi connectivity index (χ1v) is 9.46. The molecule has 8 nitrogen and oxygen atoms in total. The number of aromatic nitrogens is 4. The third-order valence-electron chi connectivity index (χ3n) is 5.08. The summed E-state index contributed by atoms with van der Waals surface area (Å²) < 4.78 is 6.97. The van der Waals surface area contributed by atoms with Crippen LogP contribution in [0.25, 0.3) is 5.65 Å². The number of amides is 1. The highest BCUT2D eigenvalue weighted by Gasteiger charge is 2.25. The van der Waals surface area contributed by atoms with Gasteiger partial charge >= 0.3 is 0 Å². The van der Waals surface area contributed by atoms with Gasteiger partial charge in [0.25, 0.3) is 5.91 Å². The number of nitrogens with zero attached hydrogens (tertiary/aromatic N) is 6. The largest absolute Gasteiger partial charge is 0.497 e. The van der Waals surface area contributed by atoms with E-state index in [0.717, 1.165) is 30.1 Å². The molecule has 1 aliphatic rings. The van der Waals surface area contributed by atoms with E-state index in [0.29, 0.717) is 30.3 Å². The maximum absolute atomic E-state index is 12.8. The molecular formula is C20H24N6O2. The van der Waals surface area contributed by atoms with E-state index >= 15 is 0 Å². The van der Waals surface area contributed by atoms with Gasteiger partial charge in [-0.2, -0.15) is 9.61 Å². The molecule has 0 saturated carbocycles. The van der Waals surface area contributed by atoms with Crippen molar-refractivity contribution in [2.45, 2.75) is 19.8 Å². The minimum Gasteiger partial charge on any atom is -0.497 e. The molecule has 0 bridgehead atoms. The summed E-state index contributed by atoms with van der Waals surface area (Å²) in [6, 6.07) is 9.39. The predicted molar refractivity (Wildman–Crippen MR) is 106 cm³/mol. The molecule has 1 aromatic carbocycles. The summed E-state index contributed by atoms with van der Waals surface area (Å²) in [6.07, 6.45) is 1.63. The molecule has 0 unspecified atom stereocenters. The Labute approximate surface area is 163 Å². The first kappa shape index (κ1) is 18.2. The number of methoxy groups -OCH3 is 1. The number of fused-ring (bicyclic) bond motifs is 1. The van der Waals surface area contributed by atoms with Crippen LogP contribution in [0.2, 0.25) is 0 Å². The molecule has 28 heavy (non-hydrogen) atoms. The second kappa shape index (κ2) is 7.46. The standard InChI is InChI=1S/C20H24N6O2/c1-14(2)17-12-18(19-22-21-13-26(19)23-17)24-7-9-25(10-8-24)20(27)15-5-4-6-16(11-15)28-3/h4-6,11-14H,7-10H2,1-3H3. The summed E-state index contributed by atoms with van der Waals surface area (Å²) in [5.74, 6) is 1.03. The van der Waals surface area contributed by atoms with Gasteiger partial charge in [-0.3, -0.25) is 4.79 Å². The first-order chi connectivity index (χ1) is 13.6. The molecule has 0 N–H and O–H groups in total. The van der Waals surface area contributed by atoms with Crippen LogP contribution in [0.5, 0.6) is 5.75 Å². The number of carbonyl (C=O) groups is 1. The van der Waals surface area contributed by atoms with Crippen LogP contribution < -0.4 is 9.64 Å². The molecule has 2 aromatic heterocycles. The fourth-order valence-corrected chi connectivity index (χ4v) is 3.43. The van der Waals surface area contributed by atoms with E-state index in [-0.39, 0.29) is 5.91 Å². The second-order valence-electron chi connectivity index (χ2n) is 7.22. The average molecular weight is 380 g/mol. The predicted octanol–water partition coefficient (Wildman–Crippen LogP) is 2.22. The van der Waals surface area contributed by atoms with Crippen molar-refractivity contribution in [1.82, 2.24) is 24.7 Å². The Morgan fingerprint density at radius 1 is 1.14 bits per heavy atom. The van der Waals surface area contributed by atoms with Crippen LogP contribution in [0.1, 0.15) is 35.8 Å². The lowest BCUT2D eigenvalue weighted by Crippen LogP contribution is -2.49. The number of benzene rings is 1. The molecule has 3 aromatic rings. The van der Waals surface area contributed by atoms with Gasteiger partial charge in [0.1, 0.15) is 12.1 Å². The van der Waals surface area contributed by atoms with Crippen molar-refractivity contribution in [2.75, 3.05) is 38.2 Å². The van der Waals surface area contributed by atoms with Crippen LogP contribution >= 0.6 is 0 Å². The van der Waals surface area contributed by atoms with Crippen molar-refractivity contribution in [3.8, 4) is 5.75 Å². The van der Waals surface area contributed by atoms with Gasteiger partial charge < -0.3 is 14.5 Å². The van der Waals surface area contributed by atoms with Gasteiger partial charge in [0.05, 0.1) is 18.5 Å². The van der Waals surface area contributed by atoms with Crippen LogP contribution in [0.15, 0.2) is 36.7 Å². The molecule has 3 heterocycles. The van der Waals surface area contributed by atoms with Gasteiger partial charge in [0, 0.05) is 31.7 Å². The third-order valence-corrected chi connectivity index (χ3v) is 5.08. The SMILES string of the molecule is COc1cccc(C(=O)N2CCN(c3cc(C(C)C)nn4cnnc34)CC2)c1. The number of ether oxygens (including phenoxy) is 1. The number of carbonyl (C=O) groups excluding carboxylic acids is 1. The Morgan fingerprint density at radius 2 is 1.93 bits per heavy atom. The highest BCUT2D eigenvalue weighted by atomic mass is 16.5. The van der Waals surface area contributed by atoms with E-state index in [1.54, 1.807) is 24.0 Å². The minimum atomic E-state index is 0.0313. The topological polar surface area (TPSA) is 75.9 Å². The number of hydrogen-bond acceptors (Lipinski definition) is 6. The lowest BCUT2D eigenvalue weighted by atomic mass is 10.1. The Morgan fingerprint density at radius 3 is 2.64 bits per heavy atom. The molecule has 0 radical (unpaired) electrons. The van der Waals surface area contributed by atoms with Crippen LogP contribution in [0.3, 0.4) is 0 Å². The summed E-state index contributed by atoms with van der Waals surface area (Å²) in [5.41, 5.74) is 3.41. The van der Waals surface area contributed by atoms with Gasteiger partial charge in [0.15, 0.2) is 0 Å². The van der Waals surface area contributed by atoms with Gasteiger partial charge in [-0.25, -0.2) is 0 Å².